The number of para-hydroxylation sites is 1. The second-order valence-electron chi connectivity index (χ2n) is 7.39. The van der Waals surface area contributed by atoms with E-state index in [0.717, 1.165) is 0 Å². The molecule has 0 aromatic heterocycles. The van der Waals surface area contributed by atoms with Crippen LogP contribution >= 0.6 is 0 Å². The molecule has 0 spiro atoms. The number of rotatable bonds is 11. The first-order valence-electron chi connectivity index (χ1n) is 11.1. The topological polar surface area (TPSA) is 117 Å². The van der Waals surface area contributed by atoms with Gasteiger partial charge in [0.05, 0.1) is 60.9 Å². The first-order chi connectivity index (χ1) is 18.3. The summed E-state index contributed by atoms with van der Waals surface area (Å²) < 4.78 is 48.4. The van der Waals surface area contributed by atoms with Crippen LogP contribution in [-0.4, -0.2) is 61.7 Å². The Morgan fingerprint density at radius 2 is 0.816 bits per heavy atom. The van der Waals surface area contributed by atoms with Gasteiger partial charge in [0.15, 0.2) is 34.5 Å². The van der Waals surface area contributed by atoms with Crippen LogP contribution in [0.15, 0.2) is 42.5 Å². The van der Waals surface area contributed by atoms with Gasteiger partial charge in [0.2, 0.25) is 17.2 Å². The molecule has 11 nitrogen and oxygen atoms in total. The summed E-state index contributed by atoms with van der Waals surface area (Å²) in [6.45, 7) is 0. The van der Waals surface area contributed by atoms with Crippen molar-refractivity contribution in [2.75, 3.05) is 49.8 Å². The van der Waals surface area contributed by atoms with Crippen LogP contribution in [0.25, 0.3) is 0 Å². The van der Waals surface area contributed by atoms with Crippen molar-refractivity contribution < 1.29 is 52.2 Å². The largest absolute Gasteiger partial charge is 0.493 e. The van der Waals surface area contributed by atoms with E-state index in [0.29, 0.717) is 11.5 Å². The highest BCUT2D eigenvalue weighted by molar-refractivity contribution is 5.95. The van der Waals surface area contributed by atoms with Gasteiger partial charge in [-0.15, -0.1) is 0 Å². The monoisotopic (exact) mass is 528 g/mol. The van der Waals surface area contributed by atoms with Crippen LogP contribution in [0, 0.1) is 0 Å². The Balaban J connectivity index is 1.98. The molecule has 0 saturated carbocycles. The summed E-state index contributed by atoms with van der Waals surface area (Å²) in [5, 5.41) is 0. The Morgan fingerprint density at radius 3 is 1.18 bits per heavy atom. The molecule has 0 heterocycles. The van der Waals surface area contributed by atoms with Gasteiger partial charge < -0.3 is 42.6 Å². The molecule has 202 valence electrons. The Bertz CT molecular complexity index is 1270. The number of methoxy groups -OCH3 is 7. The lowest BCUT2D eigenvalue weighted by atomic mass is 10.1. The first kappa shape index (κ1) is 27.8. The third-order valence-corrected chi connectivity index (χ3v) is 5.36. The van der Waals surface area contributed by atoms with Gasteiger partial charge in [-0.1, -0.05) is 6.07 Å². The van der Waals surface area contributed by atoms with Crippen LogP contribution < -0.4 is 42.6 Å². The Kier molecular flexibility index (Phi) is 9.09. The summed E-state index contributed by atoms with van der Waals surface area (Å²) in [7, 11) is 9.98. The molecule has 0 aliphatic carbocycles. The van der Waals surface area contributed by atoms with Crippen molar-refractivity contribution in [1.29, 1.82) is 0 Å². The van der Waals surface area contributed by atoms with Gasteiger partial charge in [0.1, 0.15) is 0 Å². The van der Waals surface area contributed by atoms with Crippen molar-refractivity contribution in [2.24, 2.45) is 0 Å². The minimum Gasteiger partial charge on any atom is -0.493 e. The molecule has 0 aliphatic rings. The normalized spacial score (nSPS) is 10.2. The van der Waals surface area contributed by atoms with Gasteiger partial charge in [0.25, 0.3) is 0 Å². The Morgan fingerprint density at radius 1 is 0.447 bits per heavy atom. The van der Waals surface area contributed by atoms with E-state index in [2.05, 4.69) is 0 Å². The van der Waals surface area contributed by atoms with Crippen molar-refractivity contribution >= 4 is 11.9 Å². The van der Waals surface area contributed by atoms with Crippen LogP contribution in [0.3, 0.4) is 0 Å². The first-order valence-corrected chi connectivity index (χ1v) is 11.1. The zero-order valence-electron chi connectivity index (χ0n) is 22.0. The summed E-state index contributed by atoms with van der Waals surface area (Å²) in [5.74, 6) is 0.0651. The molecule has 11 heteroatoms. The maximum Gasteiger partial charge on any atom is 0.344 e. The zero-order chi connectivity index (χ0) is 27.8. The van der Waals surface area contributed by atoms with Gasteiger partial charge >= 0.3 is 11.9 Å². The van der Waals surface area contributed by atoms with Crippen LogP contribution in [0.4, 0.5) is 0 Å². The second-order valence-corrected chi connectivity index (χ2v) is 7.39. The number of esters is 2. The molecule has 3 aromatic carbocycles. The van der Waals surface area contributed by atoms with Gasteiger partial charge in [0, 0.05) is 0 Å². The molecule has 38 heavy (non-hydrogen) atoms. The predicted octanol–water partition coefficient (Wildman–Crippen LogP) is 4.19. The highest BCUT2D eigenvalue weighted by Crippen LogP contribution is 2.42. The molecule has 0 aliphatic heterocycles. The lowest BCUT2D eigenvalue weighted by molar-refractivity contribution is 0.0677. The van der Waals surface area contributed by atoms with Gasteiger partial charge in [-0.05, 0) is 36.4 Å². The van der Waals surface area contributed by atoms with E-state index in [1.807, 2.05) is 0 Å². The number of hydrogen-bond acceptors (Lipinski definition) is 11. The van der Waals surface area contributed by atoms with E-state index in [-0.39, 0.29) is 51.4 Å². The fraction of sp³-hybridized carbons (Fsp3) is 0.259. The lowest BCUT2D eigenvalue weighted by Gasteiger charge is -2.16. The van der Waals surface area contributed by atoms with E-state index < -0.39 is 11.9 Å². The zero-order valence-corrected chi connectivity index (χ0v) is 22.0. The van der Waals surface area contributed by atoms with E-state index in [1.54, 1.807) is 12.1 Å². The number of ether oxygens (including phenoxy) is 9. The summed E-state index contributed by atoms with van der Waals surface area (Å²) >= 11 is 0. The Hall–Kier alpha value is -4.80. The average Bonchev–Trinajstić information content (AvgIpc) is 2.95. The quantitative estimate of drug-likeness (QED) is 0.263. The van der Waals surface area contributed by atoms with Crippen LogP contribution in [0.1, 0.15) is 20.7 Å². The molecular weight excluding hydrogens is 500 g/mol. The van der Waals surface area contributed by atoms with E-state index in [4.69, 9.17) is 42.6 Å². The fourth-order valence-corrected chi connectivity index (χ4v) is 3.55. The van der Waals surface area contributed by atoms with E-state index >= 15 is 0 Å². The third kappa shape index (κ3) is 5.61. The number of benzene rings is 3. The molecular formula is C27H28O11. The average molecular weight is 529 g/mol. The molecule has 0 N–H and O–H groups in total. The van der Waals surface area contributed by atoms with E-state index in [9.17, 15) is 9.59 Å². The highest BCUT2D eigenvalue weighted by atomic mass is 16.6. The molecule has 0 amide bonds. The minimum absolute atomic E-state index is 0.0658. The van der Waals surface area contributed by atoms with Crippen molar-refractivity contribution in [3.05, 3.63) is 53.6 Å². The summed E-state index contributed by atoms with van der Waals surface area (Å²) in [6.07, 6.45) is 0. The van der Waals surface area contributed by atoms with Crippen LogP contribution in [-0.2, 0) is 0 Å². The number of carbonyl (C=O) groups is 2. The predicted molar refractivity (Wildman–Crippen MR) is 135 cm³/mol. The summed E-state index contributed by atoms with van der Waals surface area (Å²) in [6, 6.07) is 10.3. The van der Waals surface area contributed by atoms with Crippen LogP contribution in [0.5, 0.6) is 51.7 Å². The second kappa shape index (κ2) is 12.4. The van der Waals surface area contributed by atoms with E-state index in [1.165, 1.54) is 80.1 Å². The third-order valence-electron chi connectivity index (χ3n) is 5.36. The molecule has 0 atom stereocenters. The standard InChI is InChI=1S/C27H28O11/c1-30-17-9-8-10-18(37-26(28)15-11-19(31-2)23(35-6)20(12-15)32-3)25(17)38-27(29)16-13-21(33-4)24(36-7)22(14-16)34-5/h8-14H,1-7H3. The summed E-state index contributed by atoms with van der Waals surface area (Å²) in [4.78, 5) is 26.2. The van der Waals surface area contributed by atoms with Crippen molar-refractivity contribution in [2.45, 2.75) is 0 Å². The Labute approximate surface area is 219 Å². The van der Waals surface area contributed by atoms with Crippen molar-refractivity contribution in [1.82, 2.24) is 0 Å². The highest BCUT2D eigenvalue weighted by Gasteiger charge is 2.24. The molecule has 0 fully saturated rings. The lowest BCUT2D eigenvalue weighted by Crippen LogP contribution is -2.14. The smallest absolute Gasteiger partial charge is 0.344 e. The number of carbonyl (C=O) groups excluding carboxylic acids is 2. The SMILES string of the molecule is COc1cc(C(=O)Oc2cccc(OC)c2OC(=O)c2cc(OC)c(OC)c(OC)c2)cc(OC)c1OC. The number of hydrogen-bond donors (Lipinski definition) is 0. The van der Waals surface area contributed by atoms with Crippen molar-refractivity contribution in [3.8, 4) is 51.7 Å². The van der Waals surface area contributed by atoms with Crippen LogP contribution in [0.2, 0.25) is 0 Å². The van der Waals surface area contributed by atoms with Gasteiger partial charge in [-0.25, -0.2) is 9.59 Å². The molecule has 0 bridgehead atoms. The van der Waals surface area contributed by atoms with Crippen molar-refractivity contribution in [3.63, 3.8) is 0 Å². The molecule has 0 radical (unpaired) electrons. The molecule has 3 rings (SSSR count). The maximum absolute atomic E-state index is 13.1. The maximum atomic E-state index is 13.1. The van der Waals surface area contributed by atoms with Gasteiger partial charge in [-0.3, -0.25) is 0 Å². The molecule has 3 aromatic rings. The van der Waals surface area contributed by atoms with Gasteiger partial charge in [-0.2, -0.15) is 0 Å². The minimum atomic E-state index is -0.793. The molecule has 0 unspecified atom stereocenters. The summed E-state index contributed by atoms with van der Waals surface area (Å²) in [5.41, 5.74) is 0.191. The molecule has 0 saturated heterocycles. The fourth-order valence-electron chi connectivity index (χ4n) is 3.55.